The molecular weight excluding hydrogens is 218 g/mol. The van der Waals surface area contributed by atoms with Gasteiger partial charge < -0.3 is 10.4 Å². The third kappa shape index (κ3) is 2.97. The van der Waals surface area contributed by atoms with Crippen molar-refractivity contribution in [3.05, 3.63) is 0 Å². The zero-order valence-corrected chi connectivity index (χ0v) is 10.6. The van der Waals surface area contributed by atoms with Crippen LogP contribution in [0.1, 0.15) is 39.5 Å². The molecule has 1 amide bonds. The Balaban J connectivity index is 1.88. The molecule has 17 heavy (non-hydrogen) atoms. The first kappa shape index (κ1) is 12.8. The highest BCUT2D eigenvalue weighted by atomic mass is 16.3. The van der Waals surface area contributed by atoms with E-state index in [2.05, 4.69) is 29.6 Å². The quantitative estimate of drug-likeness (QED) is 0.637. The lowest BCUT2D eigenvalue weighted by Crippen LogP contribution is -2.57. The van der Waals surface area contributed by atoms with E-state index >= 15 is 0 Å². The highest BCUT2D eigenvalue weighted by Crippen LogP contribution is 2.20. The van der Waals surface area contributed by atoms with E-state index in [1.54, 1.807) is 0 Å². The third-order valence-corrected chi connectivity index (χ3v) is 3.86. The van der Waals surface area contributed by atoms with Crippen LogP contribution in [0.25, 0.3) is 0 Å². The molecular formula is C12H23N3O2. The first-order valence-electron chi connectivity index (χ1n) is 6.58. The topological polar surface area (TPSA) is 64.6 Å². The summed E-state index contributed by atoms with van der Waals surface area (Å²) in [7, 11) is 0. The van der Waals surface area contributed by atoms with Gasteiger partial charge in [-0.15, -0.1) is 0 Å². The van der Waals surface area contributed by atoms with Crippen LogP contribution in [-0.2, 0) is 4.79 Å². The van der Waals surface area contributed by atoms with Crippen LogP contribution in [-0.4, -0.2) is 46.8 Å². The molecule has 0 saturated carbocycles. The van der Waals surface area contributed by atoms with E-state index in [0.29, 0.717) is 25.0 Å². The molecule has 0 spiro atoms. The molecule has 2 rings (SSSR count). The van der Waals surface area contributed by atoms with Gasteiger partial charge in [-0.2, -0.15) is 0 Å². The van der Waals surface area contributed by atoms with Gasteiger partial charge in [0.2, 0.25) is 0 Å². The van der Waals surface area contributed by atoms with Crippen LogP contribution in [0.3, 0.4) is 0 Å². The second-order valence-electron chi connectivity index (χ2n) is 5.36. The second kappa shape index (κ2) is 5.33. The summed E-state index contributed by atoms with van der Waals surface area (Å²) in [5.74, 6) is -0.0119. The van der Waals surface area contributed by atoms with Gasteiger partial charge in [0.05, 0.1) is 12.1 Å². The van der Waals surface area contributed by atoms with Crippen molar-refractivity contribution in [2.75, 3.05) is 6.54 Å². The Morgan fingerprint density at radius 2 is 2.00 bits per heavy atom. The molecule has 0 radical (unpaired) electrons. The van der Waals surface area contributed by atoms with Gasteiger partial charge in [0, 0.05) is 18.6 Å². The largest absolute Gasteiger partial charge is 0.392 e. The van der Waals surface area contributed by atoms with Gasteiger partial charge in [-0.1, -0.05) is 6.42 Å². The molecule has 2 aliphatic heterocycles. The minimum atomic E-state index is -0.387. The maximum Gasteiger partial charge on any atom is 0.251 e. The molecule has 4 unspecified atom stereocenters. The lowest BCUT2D eigenvalue weighted by atomic mass is 10.00. The van der Waals surface area contributed by atoms with E-state index in [1.807, 2.05) is 0 Å². The van der Waals surface area contributed by atoms with Gasteiger partial charge in [0.1, 0.15) is 0 Å². The Morgan fingerprint density at radius 1 is 1.35 bits per heavy atom. The Hall–Kier alpha value is -0.650. The van der Waals surface area contributed by atoms with Gasteiger partial charge in [-0.05, 0) is 33.1 Å². The average Bonchev–Trinajstić information content (AvgIpc) is 2.70. The van der Waals surface area contributed by atoms with E-state index in [-0.39, 0.29) is 18.1 Å². The second-order valence-corrected chi connectivity index (χ2v) is 5.36. The minimum Gasteiger partial charge on any atom is -0.392 e. The maximum atomic E-state index is 12.0. The first-order chi connectivity index (χ1) is 8.08. The Labute approximate surface area is 103 Å². The molecule has 2 saturated heterocycles. The molecule has 0 aliphatic carbocycles. The fourth-order valence-electron chi connectivity index (χ4n) is 2.76. The minimum absolute atomic E-state index is 0.0119. The predicted octanol–water partition coefficient (Wildman–Crippen LogP) is 0.00330. The van der Waals surface area contributed by atoms with Crippen molar-refractivity contribution in [2.24, 2.45) is 0 Å². The van der Waals surface area contributed by atoms with Crippen LogP contribution in [0, 0.1) is 0 Å². The summed E-state index contributed by atoms with van der Waals surface area (Å²) in [6.45, 7) is 4.81. The van der Waals surface area contributed by atoms with Crippen molar-refractivity contribution in [1.82, 2.24) is 15.8 Å². The average molecular weight is 241 g/mol. The number of piperidine rings is 1. The Morgan fingerprint density at radius 3 is 2.53 bits per heavy atom. The highest BCUT2D eigenvalue weighted by molar-refractivity contribution is 5.81. The fraction of sp³-hybridized carbons (Fsp3) is 0.917. The number of aliphatic hydroxyl groups excluding tert-OH is 1. The van der Waals surface area contributed by atoms with E-state index < -0.39 is 0 Å². The van der Waals surface area contributed by atoms with Crippen molar-refractivity contribution < 1.29 is 9.90 Å². The zero-order chi connectivity index (χ0) is 12.4. The number of hydrazine groups is 1. The van der Waals surface area contributed by atoms with Crippen LogP contribution in [0.5, 0.6) is 0 Å². The summed E-state index contributed by atoms with van der Waals surface area (Å²) in [4.78, 5) is 12.0. The van der Waals surface area contributed by atoms with Gasteiger partial charge in [-0.25, -0.2) is 5.01 Å². The third-order valence-electron chi connectivity index (χ3n) is 3.86. The van der Waals surface area contributed by atoms with Crippen LogP contribution in [0.15, 0.2) is 0 Å². The lowest BCUT2D eigenvalue weighted by molar-refractivity contribution is -0.131. The first-order valence-corrected chi connectivity index (χ1v) is 6.58. The fourth-order valence-corrected chi connectivity index (χ4v) is 2.76. The number of carbonyl (C=O) groups excluding carboxylic acids is 1. The number of nitrogens with one attached hydrogen (secondary N) is 2. The van der Waals surface area contributed by atoms with Gasteiger partial charge in [0.15, 0.2) is 0 Å². The van der Waals surface area contributed by atoms with Crippen molar-refractivity contribution in [2.45, 2.75) is 63.8 Å². The SMILES string of the molecule is CC1CCCC(C)N1NC(=O)C1CC(O)CN1. The number of aliphatic hydroxyl groups is 1. The number of rotatable bonds is 2. The molecule has 3 N–H and O–H groups in total. The lowest BCUT2D eigenvalue weighted by Gasteiger charge is -2.39. The molecule has 0 bridgehead atoms. The summed E-state index contributed by atoms with van der Waals surface area (Å²) < 4.78 is 0. The molecule has 4 atom stereocenters. The molecule has 5 nitrogen and oxygen atoms in total. The molecule has 0 aromatic carbocycles. The van der Waals surface area contributed by atoms with Gasteiger partial charge in [0.25, 0.3) is 5.91 Å². The Bertz CT molecular complexity index is 275. The van der Waals surface area contributed by atoms with Crippen LogP contribution in [0.2, 0.25) is 0 Å². The summed E-state index contributed by atoms with van der Waals surface area (Å²) in [6.07, 6.45) is 3.62. The molecule has 2 fully saturated rings. The number of hydrogen-bond acceptors (Lipinski definition) is 4. The van der Waals surface area contributed by atoms with E-state index in [4.69, 9.17) is 0 Å². The zero-order valence-electron chi connectivity index (χ0n) is 10.6. The molecule has 5 heteroatoms. The smallest absolute Gasteiger partial charge is 0.251 e. The monoisotopic (exact) mass is 241 g/mol. The number of β-amino-alcohol motifs (C(OH)–C–C–N with tert-alkyl or cyclic N) is 1. The van der Waals surface area contributed by atoms with E-state index in [1.165, 1.54) is 6.42 Å². The maximum absolute atomic E-state index is 12.0. The predicted molar refractivity (Wildman–Crippen MR) is 65.2 cm³/mol. The van der Waals surface area contributed by atoms with Crippen LogP contribution in [0.4, 0.5) is 0 Å². The van der Waals surface area contributed by atoms with E-state index in [0.717, 1.165) is 12.8 Å². The van der Waals surface area contributed by atoms with Crippen LogP contribution >= 0.6 is 0 Å². The van der Waals surface area contributed by atoms with Gasteiger partial charge in [-0.3, -0.25) is 10.2 Å². The Kier molecular flexibility index (Phi) is 4.01. The van der Waals surface area contributed by atoms with Crippen molar-refractivity contribution >= 4 is 5.91 Å². The van der Waals surface area contributed by atoms with Crippen LogP contribution < -0.4 is 10.7 Å². The molecule has 0 aromatic heterocycles. The standard InChI is InChI=1S/C12H23N3O2/c1-8-4-3-5-9(2)15(8)14-12(17)11-6-10(16)7-13-11/h8-11,13,16H,3-7H2,1-2H3,(H,14,17). The summed E-state index contributed by atoms with van der Waals surface area (Å²) >= 11 is 0. The number of hydrogen-bond donors (Lipinski definition) is 3. The normalized spacial score (nSPS) is 39.2. The van der Waals surface area contributed by atoms with E-state index in [9.17, 15) is 9.90 Å². The molecule has 2 aliphatic rings. The summed E-state index contributed by atoms with van der Waals surface area (Å²) in [5, 5.41) is 14.5. The summed E-state index contributed by atoms with van der Waals surface area (Å²) in [5.41, 5.74) is 3.00. The van der Waals surface area contributed by atoms with Crippen molar-refractivity contribution in [3.63, 3.8) is 0 Å². The number of carbonyl (C=O) groups is 1. The van der Waals surface area contributed by atoms with Crippen molar-refractivity contribution in [1.29, 1.82) is 0 Å². The van der Waals surface area contributed by atoms with Gasteiger partial charge >= 0.3 is 0 Å². The molecule has 0 aromatic rings. The highest BCUT2D eigenvalue weighted by Gasteiger charge is 2.32. The molecule has 98 valence electrons. The number of nitrogens with zero attached hydrogens (tertiary/aromatic N) is 1. The molecule has 2 heterocycles. The summed E-state index contributed by atoms with van der Waals surface area (Å²) in [6, 6.07) is 0.550. The van der Waals surface area contributed by atoms with Crippen molar-refractivity contribution in [3.8, 4) is 0 Å². The number of amides is 1.